The third-order valence-corrected chi connectivity index (χ3v) is 3.60. The van der Waals surface area contributed by atoms with E-state index in [0.717, 1.165) is 0 Å². The van der Waals surface area contributed by atoms with Crippen molar-refractivity contribution in [2.45, 2.75) is 31.7 Å². The summed E-state index contributed by atoms with van der Waals surface area (Å²) < 4.78 is 42.3. The van der Waals surface area contributed by atoms with Crippen molar-refractivity contribution in [2.24, 2.45) is 5.92 Å². The molecule has 1 aliphatic heterocycles. The standard InChI is InChI=1S/C13H17F3N2O3/c14-13(15,16)11(19)9-3-5-18(6-4-9)12(20)17-8-10-2-1-7-21-10/h1-2,7,9,11,19H,3-6,8H2,(H,17,20)/t11-/m0/s1. The largest absolute Gasteiger partial charge is 0.467 e. The van der Waals surface area contributed by atoms with Gasteiger partial charge >= 0.3 is 12.2 Å². The molecule has 0 spiro atoms. The highest BCUT2D eigenvalue weighted by Crippen LogP contribution is 2.31. The SMILES string of the molecule is O=C(NCc1ccco1)N1CCC([C@H](O)C(F)(F)F)CC1. The number of halogens is 3. The van der Waals surface area contributed by atoms with E-state index < -0.39 is 18.2 Å². The van der Waals surface area contributed by atoms with Crippen molar-refractivity contribution in [3.63, 3.8) is 0 Å². The van der Waals surface area contributed by atoms with Crippen molar-refractivity contribution in [3.05, 3.63) is 24.2 Å². The van der Waals surface area contributed by atoms with Crippen LogP contribution in [0.2, 0.25) is 0 Å². The number of aliphatic hydroxyl groups is 1. The third kappa shape index (κ3) is 4.13. The summed E-state index contributed by atoms with van der Waals surface area (Å²) in [6, 6.07) is 3.07. The Bertz CT molecular complexity index is 454. The summed E-state index contributed by atoms with van der Waals surface area (Å²) in [5.41, 5.74) is 0. The Balaban J connectivity index is 1.77. The highest BCUT2D eigenvalue weighted by atomic mass is 19.4. The molecule has 1 fully saturated rings. The molecule has 1 atom stereocenters. The number of urea groups is 1. The molecule has 0 saturated carbocycles. The van der Waals surface area contributed by atoms with Gasteiger partial charge < -0.3 is 19.7 Å². The number of carbonyl (C=O) groups is 1. The van der Waals surface area contributed by atoms with Gasteiger partial charge in [-0.25, -0.2) is 4.79 Å². The van der Waals surface area contributed by atoms with Crippen molar-refractivity contribution in [3.8, 4) is 0 Å². The van der Waals surface area contributed by atoms with Crippen LogP contribution < -0.4 is 5.32 Å². The number of alkyl halides is 3. The fourth-order valence-corrected chi connectivity index (χ4v) is 2.37. The Morgan fingerprint density at radius 2 is 2.14 bits per heavy atom. The molecule has 2 heterocycles. The molecule has 2 rings (SSSR count). The Morgan fingerprint density at radius 1 is 1.48 bits per heavy atom. The number of hydrogen-bond donors (Lipinski definition) is 2. The van der Waals surface area contributed by atoms with Crippen LogP contribution in [0.1, 0.15) is 18.6 Å². The van der Waals surface area contributed by atoms with Crippen molar-refractivity contribution < 1.29 is 27.5 Å². The quantitative estimate of drug-likeness (QED) is 0.899. The second-order valence-corrected chi connectivity index (χ2v) is 5.05. The molecule has 0 aliphatic carbocycles. The van der Waals surface area contributed by atoms with E-state index in [2.05, 4.69) is 5.32 Å². The molecular weight excluding hydrogens is 289 g/mol. The highest BCUT2D eigenvalue weighted by Gasteiger charge is 2.44. The van der Waals surface area contributed by atoms with Crippen LogP contribution in [0.25, 0.3) is 0 Å². The van der Waals surface area contributed by atoms with Gasteiger partial charge in [-0.15, -0.1) is 0 Å². The molecule has 8 heteroatoms. The van der Waals surface area contributed by atoms with Crippen LogP contribution in [0, 0.1) is 5.92 Å². The number of rotatable bonds is 3. The fourth-order valence-electron chi connectivity index (χ4n) is 2.37. The lowest BCUT2D eigenvalue weighted by molar-refractivity contribution is -0.222. The first kappa shape index (κ1) is 15.7. The van der Waals surface area contributed by atoms with Gasteiger partial charge in [0.2, 0.25) is 0 Å². The van der Waals surface area contributed by atoms with Gasteiger partial charge in [0.15, 0.2) is 6.10 Å². The van der Waals surface area contributed by atoms with Crippen LogP contribution in [-0.2, 0) is 6.54 Å². The predicted molar refractivity (Wildman–Crippen MR) is 67.3 cm³/mol. The molecule has 0 radical (unpaired) electrons. The number of hydrogen-bond acceptors (Lipinski definition) is 3. The van der Waals surface area contributed by atoms with Gasteiger partial charge in [-0.1, -0.05) is 0 Å². The number of carbonyl (C=O) groups excluding carboxylic acids is 1. The average Bonchev–Trinajstić information content (AvgIpc) is 2.96. The van der Waals surface area contributed by atoms with E-state index >= 15 is 0 Å². The molecular formula is C13H17F3N2O3. The summed E-state index contributed by atoms with van der Waals surface area (Å²) in [5.74, 6) is -0.246. The molecule has 1 aromatic rings. The first-order chi connectivity index (χ1) is 9.88. The topological polar surface area (TPSA) is 65.7 Å². The molecule has 21 heavy (non-hydrogen) atoms. The number of piperidine rings is 1. The maximum Gasteiger partial charge on any atom is 0.414 e. The minimum atomic E-state index is -4.60. The summed E-state index contributed by atoms with van der Waals surface area (Å²) in [6.07, 6.45) is -5.16. The van der Waals surface area contributed by atoms with Gasteiger partial charge in [0, 0.05) is 13.1 Å². The summed E-state index contributed by atoms with van der Waals surface area (Å²) in [6.45, 7) is 0.626. The molecule has 118 valence electrons. The molecule has 5 nitrogen and oxygen atoms in total. The molecule has 0 unspecified atom stereocenters. The minimum Gasteiger partial charge on any atom is -0.467 e. The van der Waals surface area contributed by atoms with Gasteiger partial charge in [0.05, 0.1) is 12.8 Å². The van der Waals surface area contributed by atoms with Gasteiger partial charge in [0.25, 0.3) is 0 Å². The zero-order valence-corrected chi connectivity index (χ0v) is 11.3. The molecule has 1 aromatic heterocycles. The summed E-state index contributed by atoms with van der Waals surface area (Å²) in [5, 5.41) is 11.8. The number of likely N-dealkylation sites (tertiary alicyclic amines) is 1. The number of nitrogens with zero attached hydrogens (tertiary/aromatic N) is 1. The normalized spacial score (nSPS) is 18.6. The fraction of sp³-hybridized carbons (Fsp3) is 0.615. The summed E-state index contributed by atoms with van der Waals surface area (Å²) in [7, 11) is 0. The zero-order chi connectivity index (χ0) is 15.5. The Hall–Kier alpha value is -1.70. The number of nitrogens with one attached hydrogen (secondary N) is 1. The van der Waals surface area contributed by atoms with Crippen LogP contribution in [-0.4, -0.2) is 41.4 Å². The van der Waals surface area contributed by atoms with Gasteiger partial charge in [0.1, 0.15) is 5.76 Å². The minimum absolute atomic E-state index is 0.134. The van der Waals surface area contributed by atoms with Crippen LogP contribution in [0.15, 0.2) is 22.8 Å². The maximum atomic E-state index is 12.4. The molecule has 2 amide bonds. The van der Waals surface area contributed by atoms with Crippen LogP contribution >= 0.6 is 0 Å². The number of amides is 2. The van der Waals surface area contributed by atoms with E-state index in [1.807, 2.05) is 0 Å². The molecule has 2 N–H and O–H groups in total. The monoisotopic (exact) mass is 306 g/mol. The second-order valence-electron chi connectivity index (χ2n) is 5.05. The summed E-state index contributed by atoms with van der Waals surface area (Å²) in [4.78, 5) is 13.3. The first-order valence-corrected chi connectivity index (χ1v) is 6.68. The average molecular weight is 306 g/mol. The van der Waals surface area contributed by atoms with Crippen molar-refractivity contribution in [1.29, 1.82) is 0 Å². The number of aliphatic hydroxyl groups excluding tert-OH is 1. The summed E-state index contributed by atoms with van der Waals surface area (Å²) >= 11 is 0. The maximum absolute atomic E-state index is 12.4. The van der Waals surface area contributed by atoms with Gasteiger partial charge in [-0.2, -0.15) is 13.2 Å². The molecule has 0 bridgehead atoms. The Kier molecular flexibility index (Phi) is 4.76. The lowest BCUT2D eigenvalue weighted by Gasteiger charge is -2.34. The van der Waals surface area contributed by atoms with Crippen molar-refractivity contribution in [2.75, 3.05) is 13.1 Å². The van der Waals surface area contributed by atoms with Gasteiger partial charge in [-0.05, 0) is 30.9 Å². The Morgan fingerprint density at radius 3 is 2.67 bits per heavy atom. The molecule has 1 aliphatic rings. The Labute approximate surface area is 119 Å². The lowest BCUT2D eigenvalue weighted by atomic mass is 9.91. The smallest absolute Gasteiger partial charge is 0.414 e. The van der Waals surface area contributed by atoms with E-state index in [-0.39, 0.29) is 38.5 Å². The van der Waals surface area contributed by atoms with Crippen molar-refractivity contribution in [1.82, 2.24) is 10.2 Å². The lowest BCUT2D eigenvalue weighted by Crippen LogP contribution is -2.48. The van der Waals surface area contributed by atoms with Crippen molar-refractivity contribution >= 4 is 6.03 Å². The zero-order valence-electron chi connectivity index (χ0n) is 11.3. The van der Waals surface area contributed by atoms with E-state index in [1.165, 1.54) is 11.2 Å². The van der Waals surface area contributed by atoms with E-state index in [0.29, 0.717) is 5.76 Å². The van der Waals surface area contributed by atoms with Crippen LogP contribution in [0.4, 0.5) is 18.0 Å². The number of furan rings is 1. The second kappa shape index (κ2) is 6.38. The first-order valence-electron chi connectivity index (χ1n) is 6.68. The van der Waals surface area contributed by atoms with Gasteiger partial charge in [-0.3, -0.25) is 0 Å². The predicted octanol–water partition coefficient (Wildman–Crippen LogP) is 2.12. The third-order valence-electron chi connectivity index (χ3n) is 3.60. The molecule has 1 saturated heterocycles. The van der Waals surface area contributed by atoms with Crippen LogP contribution in [0.5, 0.6) is 0 Å². The van der Waals surface area contributed by atoms with E-state index in [1.54, 1.807) is 12.1 Å². The van der Waals surface area contributed by atoms with E-state index in [9.17, 15) is 23.1 Å². The molecule has 0 aromatic carbocycles. The highest BCUT2D eigenvalue weighted by molar-refractivity contribution is 5.74. The van der Waals surface area contributed by atoms with Crippen LogP contribution in [0.3, 0.4) is 0 Å². The van der Waals surface area contributed by atoms with E-state index in [4.69, 9.17) is 4.42 Å².